The van der Waals surface area contributed by atoms with E-state index in [0.717, 1.165) is 5.56 Å². The monoisotopic (exact) mass is 358 g/mol. The number of amides is 1. The molecular weight excluding hydrogens is 340 g/mol. The average Bonchev–Trinajstić information content (AvgIpc) is 2.66. The third-order valence-electron chi connectivity index (χ3n) is 3.71. The number of ether oxygens (including phenoxy) is 2. The van der Waals surface area contributed by atoms with Gasteiger partial charge in [-0.15, -0.1) is 0 Å². The van der Waals surface area contributed by atoms with Crippen molar-refractivity contribution in [2.45, 2.75) is 12.5 Å². The number of nitro benzene ring substituents is 1. The first-order chi connectivity index (χ1) is 12.5. The summed E-state index contributed by atoms with van der Waals surface area (Å²) in [5, 5.41) is 13.5. The topological polar surface area (TPSA) is 108 Å². The lowest BCUT2D eigenvalue weighted by Gasteiger charge is -2.17. The highest BCUT2D eigenvalue weighted by molar-refractivity contribution is 5.97. The summed E-state index contributed by atoms with van der Waals surface area (Å²) in [6.07, 6.45) is 0.253. The Labute approximate surface area is 149 Å². The molecular formula is C18H18N2O6. The fourth-order valence-corrected chi connectivity index (χ4v) is 2.40. The molecule has 1 unspecified atom stereocenters. The van der Waals surface area contributed by atoms with Crippen LogP contribution in [-0.2, 0) is 16.0 Å². The van der Waals surface area contributed by atoms with Crippen LogP contribution in [0.4, 0.5) is 5.69 Å². The summed E-state index contributed by atoms with van der Waals surface area (Å²) in [4.78, 5) is 34.8. The lowest BCUT2D eigenvalue weighted by molar-refractivity contribution is -0.385. The van der Waals surface area contributed by atoms with Crippen molar-refractivity contribution in [3.05, 3.63) is 69.8 Å². The molecule has 1 atom stereocenters. The van der Waals surface area contributed by atoms with E-state index in [2.05, 4.69) is 5.32 Å². The third-order valence-corrected chi connectivity index (χ3v) is 3.71. The van der Waals surface area contributed by atoms with Gasteiger partial charge in [0.05, 0.1) is 19.1 Å². The summed E-state index contributed by atoms with van der Waals surface area (Å²) in [7, 11) is 2.51. The van der Waals surface area contributed by atoms with Gasteiger partial charge in [0.2, 0.25) is 0 Å². The number of carbonyl (C=O) groups excluding carboxylic acids is 2. The molecule has 0 aromatic heterocycles. The van der Waals surface area contributed by atoms with Gasteiger partial charge in [0, 0.05) is 24.1 Å². The number of esters is 1. The largest absolute Gasteiger partial charge is 0.490 e. The number of hydrogen-bond acceptors (Lipinski definition) is 6. The summed E-state index contributed by atoms with van der Waals surface area (Å²) in [6.45, 7) is 0. The highest BCUT2D eigenvalue weighted by Crippen LogP contribution is 2.27. The van der Waals surface area contributed by atoms with E-state index in [1.54, 1.807) is 0 Å². The molecule has 0 fully saturated rings. The second-order valence-corrected chi connectivity index (χ2v) is 5.38. The van der Waals surface area contributed by atoms with Crippen LogP contribution in [0.2, 0.25) is 0 Å². The van der Waals surface area contributed by atoms with E-state index in [9.17, 15) is 19.7 Å². The van der Waals surface area contributed by atoms with Crippen LogP contribution in [-0.4, -0.2) is 37.1 Å². The zero-order valence-electron chi connectivity index (χ0n) is 14.3. The van der Waals surface area contributed by atoms with Crippen LogP contribution in [0.1, 0.15) is 15.9 Å². The van der Waals surface area contributed by atoms with Crippen molar-refractivity contribution in [2.24, 2.45) is 0 Å². The molecule has 136 valence electrons. The summed E-state index contributed by atoms with van der Waals surface area (Å²) in [5.74, 6) is -1.19. The average molecular weight is 358 g/mol. The maximum absolute atomic E-state index is 12.5. The van der Waals surface area contributed by atoms with Gasteiger partial charge in [0.1, 0.15) is 6.04 Å². The number of rotatable bonds is 7. The lowest BCUT2D eigenvalue weighted by Crippen LogP contribution is -2.43. The zero-order valence-corrected chi connectivity index (χ0v) is 14.3. The molecule has 0 bridgehead atoms. The Morgan fingerprint density at radius 2 is 1.85 bits per heavy atom. The Balaban J connectivity index is 2.21. The van der Waals surface area contributed by atoms with Gasteiger partial charge in [0.15, 0.2) is 5.75 Å². The molecule has 8 nitrogen and oxygen atoms in total. The van der Waals surface area contributed by atoms with E-state index in [4.69, 9.17) is 9.47 Å². The van der Waals surface area contributed by atoms with E-state index in [1.165, 1.54) is 32.4 Å². The minimum absolute atomic E-state index is 0.0414. The number of benzene rings is 2. The summed E-state index contributed by atoms with van der Waals surface area (Å²) < 4.78 is 9.70. The zero-order chi connectivity index (χ0) is 19.1. The van der Waals surface area contributed by atoms with Crippen molar-refractivity contribution in [1.82, 2.24) is 5.32 Å². The molecule has 26 heavy (non-hydrogen) atoms. The Hall–Kier alpha value is -3.42. The van der Waals surface area contributed by atoms with Crippen LogP contribution < -0.4 is 10.1 Å². The highest BCUT2D eigenvalue weighted by atomic mass is 16.6. The predicted molar refractivity (Wildman–Crippen MR) is 93.1 cm³/mol. The minimum Gasteiger partial charge on any atom is -0.490 e. The SMILES string of the molecule is COC(=O)C(Cc1ccccc1)NC(=O)c1ccc([N+](=O)[O-])c(OC)c1. The molecule has 0 heterocycles. The van der Waals surface area contributed by atoms with Gasteiger partial charge in [0.25, 0.3) is 5.91 Å². The quantitative estimate of drug-likeness (QED) is 0.461. The van der Waals surface area contributed by atoms with Crippen LogP contribution in [0, 0.1) is 10.1 Å². The Morgan fingerprint density at radius 3 is 2.42 bits per heavy atom. The first-order valence-corrected chi connectivity index (χ1v) is 7.71. The molecule has 1 amide bonds. The molecule has 0 saturated heterocycles. The Morgan fingerprint density at radius 1 is 1.15 bits per heavy atom. The fraction of sp³-hybridized carbons (Fsp3) is 0.222. The molecule has 0 saturated carbocycles. The van der Waals surface area contributed by atoms with Gasteiger partial charge in [-0.05, 0) is 11.6 Å². The second-order valence-electron chi connectivity index (χ2n) is 5.38. The standard InChI is InChI=1S/C18H18N2O6/c1-25-16-11-13(8-9-15(16)20(23)24)17(21)19-14(18(22)26-2)10-12-6-4-3-5-7-12/h3-9,11,14H,10H2,1-2H3,(H,19,21). The number of nitrogens with one attached hydrogen (secondary N) is 1. The maximum atomic E-state index is 12.5. The van der Waals surface area contributed by atoms with Gasteiger partial charge in [-0.2, -0.15) is 0 Å². The van der Waals surface area contributed by atoms with Crippen LogP contribution in [0.3, 0.4) is 0 Å². The Kier molecular flexibility index (Phi) is 6.26. The first kappa shape index (κ1) is 18.9. The number of nitrogens with zero attached hydrogens (tertiary/aromatic N) is 1. The molecule has 0 radical (unpaired) electrons. The summed E-state index contributed by atoms with van der Waals surface area (Å²) in [5.41, 5.74) is 0.733. The van der Waals surface area contributed by atoms with Gasteiger partial charge >= 0.3 is 11.7 Å². The van der Waals surface area contributed by atoms with Crippen molar-refractivity contribution in [1.29, 1.82) is 0 Å². The van der Waals surface area contributed by atoms with Crippen LogP contribution >= 0.6 is 0 Å². The molecule has 2 aromatic rings. The number of nitro groups is 1. The predicted octanol–water partition coefficient (Wildman–Crippen LogP) is 2.12. The molecule has 0 aliphatic heterocycles. The van der Waals surface area contributed by atoms with E-state index in [0.29, 0.717) is 0 Å². The molecule has 1 N–H and O–H groups in total. The molecule has 0 aliphatic rings. The Bertz CT molecular complexity index is 807. The molecule has 0 spiro atoms. The molecule has 0 aliphatic carbocycles. The van der Waals surface area contributed by atoms with E-state index >= 15 is 0 Å². The minimum atomic E-state index is -0.893. The van der Waals surface area contributed by atoms with Gasteiger partial charge < -0.3 is 14.8 Å². The van der Waals surface area contributed by atoms with Crippen molar-refractivity contribution in [3.8, 4) is 5.75 Å². The van der Waals surface area contributed by atoms with E-state index in [-0.39, 0.29) is 23.4 Å². The summed E-state index contributed by atoms with van der Waals surface area (Å²) in [6, 6.07) is 12.0. The van der Waals surface area contributed by atoms with Crippen molar-refractivity contribution in [2.75, 3.05) is 14.2 Å². The van der Waals surface area contributed by atoms with Gasteiger partial charge in [-0.25, -0.2) is 4.79 Å². The smallest absolute Gasteiger partial charge is 0.328 e. The third kappa shape index (κ3) is 4.56. The van der Waals surface area contributed by atoms with Gasteiger partial charge in [-0.1, -0.05) is 30.3 Å². The second kappa shape index (κ2) is 8.61. The number of hydrogen-bond donors (Lipinski definition) is 1. The van der Waals surface area contributed by atoms with Crippen LogP contribution in [0.15, 0.2) is 48.5 Å². The lowest BCUT2D eigenvalue weighted by atomic mass is 10.1. The van der Waals surface area contributed by atoms with Crippen molar-refractivity contribution in [3.63, 3.8) is 0 Å². The molecule has 8 heteroatoms. The van der Waals surface area contributed by atoms with Crippen molar-refractivity contribution >= 4 is 17.6 Å². The van der Waals surface area contributed by atoms with Crippen molar-refractivity contribution < 1.29 is 24.0 Å². The fourth-order valence-electron chi connectivity index (χ4n) is 2.40. The normalized spacial score (nSPS) is 11.3. The van der Waals surface area contributed by atoms with E-state index in [1.807, 2.05) is 30.3 Å². The number of methoxy groups -OCH3 is 2. The molecule has 2 aromatic carbocycles. The summed E-state index contributed by atoms with van der Waals surface area (Å²) >= 11 is 0. The van der Waals surface area contributed by atoms with Gasteiger partial charge in [-0.3, -0.25) is 14.9 Å². The molecule has 2 rings (SSSR count). The first-order valence-electron chi connectivity index (χ1n) is 7.71. The maximum Gasteiger partial charge on any atom is 0.328 e. The van der Waals surface area contributed by atoms with E-state index < -0.39 is 22.8 Å². The van der Waals surface area contributed by atoms with Crippen LogP contribution in [0.25, 0.3) is 0 Å². The van der Waals surface area contributed by atoms with Crippen LogP contribution in [0.5, 0.6) is 5.75 Å². The number of carbonyl (C=O) groups is 2. The highest BCUT2D eigenvalue weighted by Gasteiger charge is 2.24.